The van der Waals surface area contributed by atoms with E-state index in [1.54, 1.807) is 4.90 Å². The van der Waals surface area contributed by atoms with Gasteiger partial charge in [0.05, 0.1) is 11.5 Å². The number of rotatable bonds is 2. The molecule has 1 unspecified atom stereocenters. The molecule has 1 saturated heterocycles. The van der Waals surface area contributed by atoms with Crippen LogP contribution in [0.15, 0.2) is 18.2 Å². The van der Waals surface area contributed by atoms with Crippen LogP contribution in [0.25, 0.3) is 0 Å². The number of halogens is 3. The Labute approximate surface area is 121 Å². The Hall–Kier alpha value is -1.92. The molecule has 0 radical (unpaired) electrons. The van der Waals surface area contributed by atoms with E-state index in [1.165, 1.54) is 19.2 Å². The number of carbonyl (C=O) groups is 1. The van der Waals surface area contributed by atoms with Crippen LogP contribution in [-0.2, 0) is 11.0 Å². The molecule has 0 aromatic heterocycles. The lowest BCUT2D eigenvalue weighted by Crippen LogP contribution is -2.42. The Morgan fingerprint density at radius 3 is 2.76 bits per heavy atom. The van der Waals surface area contributed by atoms with Gasteiger partial charge in [-0.25, -0.2) is 0 Å². The summed E-state index contributed by atoms with van der Waals surface area (Å²) in [6.45, 7) is 0.785. The fourth-order valence-corrected chi connectivity index (χ4v) is 2.67. The van der Waals surface area contributed by atoms with Crippen LogP contribution in [0.5, 0.6) is 0 Å². The summed E-state index contributed by atoms with van der Waals surface area (Å²) in [5.41, 5.74) is 4.88. The third-order valence-electron chi connectivity index (χ3n) is 3.71. The summed E-state index contributed by atoms with van der Waals surface area (Å²) < 4.78 is 39.4. The van der Waals surface area contributed by atoms with E-state index < -0.39 is 11.7 Å². The van der Waals surface area contributed by atoms with E-state index in [0.29, 0.717) is 19.4 Å². The second-order valence-corrected chi connectivity index (χ2v) is 5.17. The second-order valence-electron chi connectivity index (χ2n) is 5.17. The van der Waals surface area contributed by atoms with Crippen LogP contribution < -0.4 is 16.0 Å². The van der Waals surface area contributed by atoms with Crippen molar-refractivity contribution in [1.29, 1.82) is 0 Å². The topological polar surface area (TPSA) is 58.4 Å². The Morgan fingerprint density at radius 1 is 1.43 bits per heavy atom. The van der Waals surface area contributed by atoms with Crippen LogP contribution in [-0.4, -0.2) is 26.0 Å². The Morgan fingerprint density at radius 2 is 2.14 bits per heavy atom. The highest BCUT2D eigenvalue weighted by Crippen LogP contribution is 2.39. The predicted molar refractivity (Wildman–Crippen MR) is 74.9 cm³/mol. The van der Waals surface area contributed by atoms with Gasteiger partial charge in [0.1, 0.15) is 0 Å². The fraction of sp³-hybridized carbons (Fsp3) is 0.500. The van der Waals surface area contributed by atoms with E-state index in [-0.39, 0.29) is 29.7 Å². The summed E-state index contributed by atoms with van der Waals surface area (Å²) in [5.74, 6) is -0.425. The van der Waals surface area contributed by atoms with Crippen molar-refractivity contribution in [3.8, 4) is 0 Å². The number of hydrogen-bond donors (Lipinski definition) is 2. The normalized spacial score (nSPS) is 19.4. The van der Waals surface area contributed by atoms with Gasteiger partial charge in [-0.1, -0.05) is 0 Å². The van der Waals surface area contributed by atoms with Crippen molar-refractivity contribution < 1.29 is 18.0 Å². The highest BCUT2D eigenvalue weighted by Gasteiger charge is 2.36. The number of amides is 1. The van der Waals surface area contributed by atoms with Gasteiger partial charge in [-0.2, -0.15) is 13.2 Å². The van der Waals surface area contributed by atoms with Crippen molar-refractivity contribution in [2.45, 2.75) is 19.0 Å². The molecule has 1 aromatic carbocycles. The van der Waals surface area contributed by atoms with E-state index in [0.717, 1.165) is 6.07 Å². The van der Waals surface area contributed by atoms with Crippen molar-refractivity contribution in [3.63, 3.8) is 0 Å². The van der Waals surface area contributed by atoms with E-state index in [9.17, 15) is 18.0 Å². The molecule has 1 amide bonds. The van der Waals surface area contributed by atoms with Crippen LogP contribution >= 0.6 is 0 Å². The van der Waals surface area contributed by atoms with Gasteiger partial charge in [-0.15, -0.1) is 0 Å². The SMILES string of the molecule is CNC(=O)C1CCCN(c2ccc(N)cc2C(F)(F)F)C1. The number of nitrogens with two attached hydrogens (primary N) is 1. The van der Waals surface area contributed by atoms with Crippen LogP contribution in [0.2, 0.25) is 0 Å². The molecule has 1 atom stereocenters. The molecule has 1 heterocycles. The lowest BCUT2D eigenvalue weighted by atomic mass is 9.96. The minimum Gasteiger partial charge on any atom is -0.399 e. The monoisotopic (exact) mass is 301 g/mol. The average Bonchev–Trinajstić information content (AvgIpc) is 2.45. The van der Waals surface area contributed by atoms with Crippen LogP contribution in [0.4, 0.5) is 24.5 Å². The van der Waals surface area contributed by atoms with Crippen LogP contribution in [0, 0.1) is 5.92 Å². The molecule has 1 aliphatic heterocycles. The third kappa shape index (κ3) is 3.40. The standard InChI is InChI=1S/C14H18F3N3O/c1-19-13(21)9-3-2-6-20(8-9)12-5-4-10(18)7-11(12)14(15,16)17/h4-5,7,9H,2-3,6,8,18H2,1H3,(H,19,21). The van der Waals surface area contributed by atoms with Gasteiger partial charge in [-0.3, -0.25) is 4.79 Å². The predicted octanol–water partition coefficient (Wildman–Crippen LogP) is 2.25. The van der Waals surface area contributed by atoms with Gasteiger partial charge >= 0.3 is 6.18 Å². The van der Waals surface area contributed by atoms with Gasteiger partial charge in [0.25, 0.3) is 0 Å². The van der Waals surface area contributed by atoms with Gasteiger partial charge in [-0.05, 0) is 31.0 Å². The first-order chi connectivity index (χ1) is 9.82. The van der Waals surface area contributed by atoms with Gasteiger partial charge in [0.15, 0.2) is 0 Å². The molecule has 0 spiro atoms. The molecule has 7 heteroatoms. The molecule has 0 saturated carbocycles. The van der Waals surface area contributed by atoms with Crippen LogP contribution in [0.1, 0.15) is 18.4 Å². The number of carbonyl (C=O) groups excluding carboxylic acids is 1. The van der Waals surface area contributed by atoms with Crippen molar-refractivity contribution in [1.82, 2.24) is 5.32 Å². The van der Waals surface area contributed by atoms with E-state index in [4.69, 9.17) is 5.73 Å². The Balaban J connectivity index is 2.31. The molecular weight excluding hydrogens is 283 g/mol. The van der Waals surface area contributed by atoms with Crippen molar-refractivity contribution >= 4 is 17.3 Å². The van der Waals surface area contributed by atoms with Crippen molar-refractivity contribution in [2.75, 3.05) is 30.8 Å². The number of anilines is 2. The number of nitrogens with zero attached hydrogens (tertiary/aromatic N) is 1. The van der Waals surface area contributed by atoms with Crippen LogP contribution in [0.3, 0.4) is 0 Å². The van der Waals surface area contributed by atoms with E-state index >= 15 is 0 Å². The zero-order valence-corrected chi connectivity index (χ0v) is 11.7. The molecule has 1 aliphatic rings. The Bertz CT molecular complexity index is 531. The summed E-state index contributed by atoms with van der Waals surface area (Å²) in [7, 11) is 1.53. The third-order valence-corrected chi connectivity index (χ3v) is 3.71. The number of hydrogen-bond acceptors (Lipinski definition) is 3. The first kappa shape index (κ1) is 15.5. The second kappa shape index (κ2) is 5.83. The molecular formula is C14H18F3N3O. The first-order valence-electron chi connectivity index (χ1n) is 6.76. The lowest BCUT2D eigenvalue weighted by Gasteiger charge is -2.35. The van der Waals surface area contributed by atoms with Gasteiger partial charge < -0.3 is 16.0 Å². The minimum atomic E-state index is -4.47. The van der Waals surface area contributed by atoms with Gasteiger partial charge in [0, 0.05) is 31.5 Å². The first-order valence-corrected chi connectivity index (χ1v) is 6.76. The summed E-state index contributed by atoms with van der Waals surface area (Å²) in [6, 6.07) is 3.78. The fourth-order valence-electron chi connectivity index (χ4n) is 2.67. The largest absolute Gasteiger partial charge is 0.418 e. The summed E-state index contributed by atoms with van der Waals surface area (Å²) in [5, 5.41) is 2.55. The molecule has 3 N–H and O–H groups in total. The summed E-state index contributed by atoms with van der Waals surface area (Å²) in [6.07, 6.45) is -3.10. The zero-order valence-electron chi connectivity index (χ0n) is 11.7. The highest BCUT2D eigenvalue weighted by molar-refractivity contribution is 5.79. The number of alkyl halides is 3. The average molecular weight is 301 g/mol. The molecule has 2 rings (SSSR count). The number of piperidine rings is 1. The molecule has 21 heavy (non-hydrogen) atoms. The maximum Gasteiger partial charge on any atom is 0.418 e. The molecule has 1 aromatic rings. The molecule has 116 valence electrons. The smallest absolute Gasteiger partial charge is 0.399 e. The Kier molecular flexibility index (Phi) is 4.29. The van der Waals surface area contributed by atoms with E-state index in [1.807, 2.05) is 0 Å². The quantitative estimate of drug-likeness (QED) is 0.824. The van der Waals surface area contributed by atoms with Crippen molar-refractivity contribution in [3.05, 3.63) is 23.8 Å². The van der Waals surface area contributed by atoms with Crippen molar-refractivity contribution in [2.24, 2.45) is 5.92 Å². The lowest BCUT2D eigenvalue weighted by molar-refractivity contribution is -0.137. The van der Waals surface area contributed by atoms with Gasteiger partial charge in [0.2, 0.25) is 5.91 Å². The highest BCUT2D eigenvalue weighted by atomic mass is 19.4. The zero-order chi connectivity index (χ0) is 15.6. The molecule has 1 fully saturated rings. The summed E-state index contributed by atoms with van der Waals surface area (Å²) >= 11 is 0. The minimum absolute atomic E-state index is 0.0749. The maximum absolute atomic E-state index is 13.1. The van der Waals surface area contributed by atoms with E-state index in [2.05, 4.69) is 5.32 Å². The summed E-state index contributed by atoms with van der Waals surface area (Å²) in [4.78, 5) is 13.3. The molecule has 0 bridgehead atoms. The molecule has 4 nitrogen and oxygen atoms in total. The number of nitrogen functional groups attached to an aromatic ring is 1. The maximum atomic E-state index is 13.1. The number of benzene rings is 1. The number of nitrogens with one attached hydrogen (secondary N) is 1. The molecule has 0 aliphatic carbocycles.